The maximum Gasteiger partial charge on any atom is 0.212 e. The molecule has 0 rings (SSSR count). The van der Waals surface area contributed by atoms with Crippen molar-refractivity contribution in [3.05, 3.63) is 0 Å². The SMILES string of the molecule is CCCONC(N)=NC. The number of hydrogen-bond donors (Lipinski definition) is 2. The van der Waals surface area contributed by atoms with Gasteiger partial charge in [0.1, 0.15) is 0 Å². The van der Waals surface area contributed by atoms with Crippen molar-refractivity contribution in [3.8, 4) is 0 Å². The number of nitrogens with two attached hydrogens (primary N) is 1. The van der Waals surface area contributed by atoms with Gasteiger partial charge in [-0.15, -0.1) is 0 Å². The zero-order valence-corrected chi connectivity index (χ0v) is 5.85. The Kier molecular flexibility index (Phi) is 4.91. The van der Waals surface area contributed by atoms with Crippen molar-refractivity contribution in [2.75, 3.05) is 13.7 Å². The predicted molar refractivity (Wildman–Crippen MR) is 36.9 cm³/mol. The van der Waals surface area contributed by atoms with Gasteiger partial charge in [0, 0.05) is 7.05 Å². The molecule has 0 saturated heterocycles. The Labute approximate surface area is 55.1 Å². The normalized spacial score (nSPS) is 11.6. The summed E-state index contributed by atoms with van der Waals surface area (Å²) in [7, 11) is 1.59. The zero-order valence-electron chi connectivity index (χ0n) is 5.85. The van der Waals surface area contributed by atoms with Crippen LogP contribution in [-0.4, -0.2) is 19.6 Å². The van der Waals surface area contributed by atoms with Crippen LogP contribution in [0.25, 0.3) is 0 Å². The molecule has 4 heteroatoms. The average Bonchev–Trinajstić information content (AvgIpc) is 1.89. The molecule has 0 radical (unpaired) electrons. The van der Waals surface area contributed by atoms with Crippen molar-refractivity contribution in [3.63, 3.8) is 0 Å². The molecule has 0 aromatic rings. The molecule has 9 heavy (non-hydrogen) atoms. The van der Waals surface area contributed by atoms with Gasteiger partial charge in [0.05, 0.1) is 6.61 Å². The molecule has 0 spiro atoms. The third kappa shape index (κ3) is 5.10. The molecule has 54 valence electrons. The van der Waals surface area contributed by atoms with Crippen LogP contribution < -0.4 is 11.2 Å². The summed E-state index contributed by atoms with van der Waals surface area (Å²) in [5.74, 6) is 0.309. The van der Waals surface area contributed by atoms with E-state index in [-0.39, 0.29) is 0 Å². The first-order valence-corrected chi connectivity index (χ1v) is 2.91. The van der Waals surface area contributed by atoms with Gasteiger partial charge in [0.15, 0.2) is 0 Å². The van der Waals surface area contributed by atoms with Crippen LogP contribution in [0, 0.1) is 0 Å². The fourth-order valence-corrected chi connectivity index (χ4v) is 0.273. The van der Waals surface area contributed by atoms with E-state index >= 15 is 0 Å². The number of nitrogens with zero attached hydrogens (tertiary/aromatic N) is 1. The molecule has 0 aromatic carbocycles. The van der Waals surface area contributed by atoms with E-state index in [2.05, 4.69) is 10.5 Å². The Bertz CT molecular complexity index is 92.2. The lowest BCUT2D eigenvalue weighted by Crippen LogP contribution is -2.31. The van der Waals surface area contributed by atoms with Crippen molar-refractivity contribution in [1.29, 1.82) is 0 Å². The van der Waals surface area contributed by atoms with Gasteiger partial charge < -0.3 is 5.73 Å². The largest absolute Gasteiger partial charge is 0.368 e. The van der Waals surface area contributed by atoms with Crippen LogP contribution in [0.4, 0.5) is 0 Å². The summed E-state index contributed by atoms with van der Waals surface area (Å²) in [5, 5.41) is 0. The quantitative estimate of drug-likeness (QED) is 0.242. The second kappa shape index (κ2) is 5.37. The Balaban J connectivity index is 3.07. The van der Waals surface area contributed by atoms with Crippen molar-refractivity contribution in [2.45, 2.75) is 13.3 Å². The second-order valence-electron chi connectivity index (χ2n) is 1.56. The van der Waals surface area contributed by atoms with E-state index in [0.29, 0.717) is 12.6 Å². The zero-order chi connectivity index (χ0) is 7.11. The van der Waals surface area contributed by atoms with Crippen LogP contribution in [0.2, 0.25) is 0 Å². The summed E-state index contributed by atoms with van der Waals surface area (Å²) in [4.78, 5) is 8.45. The highest BCUT2D eigenvalue weighted by Crippen LogP contribution is 1.73. The molecule has 0 bridgehead atoms. The number of guanidine groups is 1. The fourth-order valence-electron chi connectivity index (χ4n) is 0.273. The topological polar surface area (TPSA) is 59.6 Å². The molecule has 0 amide bonds. The average molecular weight is 131 g/mol. The van der Waals surface area contributed by atoms with Crippen LogP contribution in [0.1, 0.15) is 13.3 Å². The minimum Gasteiger partial charge on any atom is -0.368 e. The molecular weight excluding hydrogens is 118 g/mol. The number of hydrogen-bond acceptors (Lipinski definition) is 2. The second-order valence-corrected chi connectivity index (χ2v) is 1.56. The highest BCUT2D eigenvalue weighted by Gasteiger charge is 1.84. The molecular formula is C5H13N3O. The molecule has 0 unspecified atom stereocenters. The number of rotatable bonds is 3. The van der Waals surface area contributed by atoms with Crippen molar-refractivity contribution >= 4 is 5.96 Å². The van der Waals surface area contributed by atoms with Crippen molar-refractivity contribution < 1.29 is 4.84 Å². The van der Waals surface area contributed by atoms with Gasteiger partial charge in [-0.3, -0.25) is 9.83 Å². The lowest BCUT2D eigenvalue weighted by atomic mass is 10.5. The summed E-state index contributed by atoms with van der Waals surface area (Å²) in [6, 6.07) is 0. The maximum absolute atomic E-state index is 5.23. The molecule has 0 fully saturated rings. The lowest BCUT2D eigenvalue weighted by molar-refractivity contribution is 0.0846. The Morgan fingerprint density at radius 2 is 2.44 bits per heavy atom. The third-order valence-corrected chi connectivity index (χ3v) is 0.724. The summed E-state index contributed by atoms with van der Waals surface area (Å²) in [6.07, 6.45) is 0.962. The molecule has 0 saturated carbocycles. The molecule has 0 aliphatic rings. The predicted octanol–water partition coefficient (Wildman–Crippen LogP) is -0.138. The molecule has 0 aliphatic carbocycles. The van der Waals surface area contributed by atoms with E-state index in [0.717, 1.165) is 6.42 Å². The Morgan fingerprint density at radius 1 is 1.78 bits per heavy atom. The monoisotopic (exact) mass is 131 g/mol. The smallest absolute Gasteiger partial charge is 0.212 e. The third-order valence-electron chi connectivity index (χ3n) is 0.724. The van der Waals surface area contributed by atoms with Gasteiger partial charge in [0.25, 0.3) is 0 Å². The Hall–Kier alpha value is -0.770. The van der Waals surface area contributed by atoms with Gasteiger partial charge in [0.2, 0.25) is 5.96 Å². The molecule has 4 nitrogen and oxygen atoms in total. The molecule has 0 aromatic heterocycles. The van der Waals surface area contributed by atoms with E-state index in [1.165, 1.54) is 0 Å². The summed E-state index contributed by atoms with van der Waals surface area (Å²) < 4.78 is 0. The van der Waals surface area contributed by atoms with Gasteiger partial charge in [-0.1, -0.05) is 6.92 Å². The highest BCUT2D eigenvalue weighted by molar-refractivity contribution is 5.76. The van der Waals surface area contributed by atoms with Crippen LogP contribution in [0.5, 0.6) is 0 Å². The van der Waals surface area contributed by atoms with Crippen molar-refractivity contribution in [1.82, 2.24) is 5.48 Å². The number of aliphatic imine (C=N–C) groups is 1. The first-order chi connectivity index (χ1) is 4.31. The summed E-state index contributed by atoms with van der Waals surface area (Å²) in [5.41, 5.74) is 7.69. The molecule has 0 atom stereocenters. The minimum absolute atomic E-state index is 0.309. The van der Waals surface area contributed by atoms with Gasteiger partial charge in [-0.25, -0.2) is 5.48 Å². The molecule has 3 N–H and O–H groups in total. The first kappa shape index (κ1) is 8.23. The van der Waals surface area contributed by atoms with Crippen LogP contribution >= 0.6 is 0 Å². The van der Waals surface area contributed by atoms with Gasteiger partial charge in [-0.2, -0.15) is 0 Å². The van der Waals surface area contributed by atoms with E-state index in [9.17, 15) is 0 Å². The highest BCUT2D eigenvalue weighted by atomic mass is 16.6. The standard InChI is InChI=1S/C5H13N3O/c1-3-4-9-8-5(6)7-2/h3-4H2,1-2H3,(H3,6,7,8). The van der Waals surface area contributed by atoms with Crippen LogP contribution in [-0.2, 0) is 4.84 Å². The lowest BCUT2D eigenvalue weighted by Gasteiger charge is -2.02. The first-order valence-electron chi connectivity index (χ1n) is 2.91. The van der Waals surface area contributed by atoms with E-state index in [1.54, 1.807) is 7.05 Å². The minimum atomic E-state index is 0.309. The molecule has 0 aliphatic heterocycles. The van der Waals surface area contributed by atoms with Crippen LogP contribution in [0.15, 0.2) is 4.99 Å². The van der Waals surface area contributed by atoms with Gasteiger partial charge in [-0.05, 0) is 6.42 Å². The van der Waals surface area contributed by atoms with E-state index in [4.69, 9.17) is 10.6 Å². The fraction of sp³-hybridized carbons (Fsp3) is 0.800. The molecule has 0 heterocycles. The van der Waals surface area contributed by atoms with E-state index in [1.807, 2.05) is 6.92 Å². The summed E-state index contributed by atoms with van der Waals surface area (Å²) in [6.45, 7) is 2.66. The Morgan fingerprint density at radius 3 is 2.89 bits per heavy atom. The number of nitrogens with one attached hydrogen (secondary N) is 1. The van der Waals surface area contributed by atoms with Gasteiger partial charge >= 0.3 is 0 Å². The maximum atomic E-state index is 5.23. The number of hydroxylamine groups is 1. The van der Waals surface area contributed by atoms with Crippen LogP contribution in [0.3, 0.4) is 0 Å². The van der Waals surface area contributed by atoms with E-state index < -0.39 is 0 Å². The van der Waals surface area contributed by atoms with Crippen molar-refractivity contribution in [2.24, 2.45) is 10.7 Å². The summed E-state index contributed by atoms with van der Waals surface area (Å²) >= 11 is 0.